The topological polar surface area (TPSA) is 29.1 Å². The van der Waals surface area contributed by atoms with Crippen molar-refractivity contribution in [3.8, 4) is 0 Å². The van der Waals surface area contributed by atoms with Crippen molar-refractivity contribution in [1.82, 2.24) is 5.32 Å². The van der Waals surface area contributed by atoms with Gasteiger partial charge in [0, 0.05) is 13.0 Å². The van der Waals surface area contributed by atoms with E-state index in [-0.39, 0.29) is 18.3 Å². The highest BCUT2D eigenvalue weighted by atomic mass is 35.5. The normalized spacial score (nSPS) is 10.9. The third-order valence-electron chi connectivity index (χ3n) is 3.62. The van der Waals surface area contributed by atoms with Crippen molar-refractivity contribution in [1.29, 1.82) is 0 Å². The van der Waals surface area contributed by atoms with Crippen LogP contribution in [0.1, 0.15) is 34.1 Å². The van der Waals surface area contributed by atoms with Gasteiger partial charge in [-0.15, -0.1) is 0 Å². The van der Waals surface area contributed by atoms with Crippen LogP contribution < -0.4 is 17.7 Å². The second kappa shape index (κ2) is 9.49. The van der Waals surface area contributed by atoms with Crippen molar-refractivity contribution in [2.24, 2.45) is 0 Å². The number of carbonyl (C=O) groups is 1. The summed E-state index contributed by atoms with van der Waals surface area (Å²) in [6.07, 6.45) is 2.35. The first kappa shape index (κ1) is 18.8. The summed E-state index contributed by atoms with van der Waals surface area (Å²) in [5.41, 5.74) is 0. The number of hydrogen-bond donors (Lipinski definition) is 1. The van der Waals surface area contributed by atoms with Crippen LogP contribution in [-0.2, 0) is 4.79 Å². The molecule has 0 atom stereocenters. The number of amides is 1. The first-order chi connectivity index (χ1) is 7.52. The van der Waals surface area contributed by atoms with Gasteiger partial charge in [0.2, 0.25) is 5.91 Å². The average Bonchev–Trinajstić information content (AvgIpc) is 2.29. The largest absolute Gasteiger partial charge is 1.00 e. The molecule has 0 aliphatic rings. The molecule has 17 heavy (non-hydrogen) atoms. The highest BCUT2D eigenvalue weighted by molar-refractivity contribution is 5.86. The van der Waals surface area contributed by atoms with E-state index in [0.29, 0.717) is 6.04 Å². The first-order valence-electron chi connectivity index (χ1n) is 6.28. The Hall–Kier alpha value is -0.540. The van der Waals surface area contributed by atoms with Crippen LogP contribution in [0.3, 0.4) is 0 Å². The minimum Gasteiger partial charge on any atom is -1.00 e. The Balaban J connectivity index is 0. The molecule has 0 saturated carbocycles. The maximum absolute atomic E-state index is 11.0. The number of quaternary nitrogens is 1. The fraction of sp³-hybridized carbons (Fsp3) is 0.769. The monoisotopic (exact) mass is 262 g/mol. The van der Waals surface area contributed by atoms with Crippen LogP contribution in [0.5, 0.6) is 0 Å². The summed E-state index contributed by atoms with van der Waals surface area (Å²) >= 11 is 0. The van der Waals surface area contributed by atoms with Gasteiger partial charge in [0.1, 0.15) is 0 Å². The summed E-state index contributed by atoms with van der Waals surface area (Å²) in [4.78, 5) is 11.0. The van der Waals surface area contributed by atoms with Gasteiger partial charge in [-0.3, -0.25) is 4.79 Å². The molecule has 0 aromatic rings. The fourth-order valence-electron chi connectivity index (χ4n) is 2.21. The van der Waals surface area contributed by atoms with E-state index in [1.54, 1.807) is 0 Å². The lowest BCUT2D eigenvalue weighted by Gasteiger charge is -2.41. The predicted octanol–water partition coefficient (Wildman–Crippen LogP) is -1.05. The Kier molecular flexibility index (Phi) is 10.5. The molecule has 1 amide bonds. The molecule has 0 aliphatic carbocycles. The van der Waals surface area contributed by atoms with Crippen LogP contribution in [0.4, 0.5) is 0 Å². The van der Waals surface area contributed by atoms with Crippen molar-refractivity contribution in [2.75, 3.05) is 26.2 Å². The number of nitrogens with one attached hydrogen (secondary N) is 1. The van der Waals surface area contributed by atoms with Crippen LogP contribution in [-0.4, -0.2) is 42.6 Å². The Bertz CT molecular complexity index is 225. The first-order valence-corrected chi connectivity index (χ1v) is 6.28. The van der Waals surface area contributed by atoms with Crippen molar-refractivity contribution >= 4 is 5.91 Å². The minimum absolute atomic E-state index is 0. The molecule has 0 fully saturated rings. The molecule has 1 N–H and O–H groups in total. The number of nitrogens with zero attached hydrogens (tertiary/aromatic N) is 1. The third-order valence-corrected chi connectivity index (χ3v) is 3.62. The molecular weight excluding hydrogens is 236 g/mol. The van der Waals surface area contributed by atoms with Gasteiger partial charge < -0.3 is 22.2 Å². The van der Waals surface area contributed by atoms with Gasteiger partial charge in [0.05, 0.1) is 25.7 Å². The van der Waals surface area contributed by atoms with Crippen molar-refractivity contribution in [2.45, 2.75) is 40.2 Å². The van der Waals surface area contributed by atoms with E-state index in [9.17, 15) is 4.79 Å². The Morgan fingerprint density at radius 2 is 1.88 bits per heavy atom. The quantitative estimate of drug-likeness (QED) is 0.338. The molecular formula is C13H27ClN2O. The molecule has 0 radical (unpaired) electrons. The van der Waals surface area contributed by atoms with E-state index in [0.717, 1.165) is 37.1 Å². The molecule has 4 heteroatoms. The SMILES string of the molecule is C=CC(=O)NCCC[N+](CC)(CC)C(C)C.[Cl-]. The Morgan fingerprint density at radius 3 is 2.24 bits per heavy atom. The van der Waals surface area contributed by atoms with Gasteiger partial charge in [-0.05, 0) is 33.8 Å². The third kappa shape index (κ3) is 6.08. The van der Waals surface area contributed by atoms with E-state index in [4.69, 9.17) is 0 Å². The van der Waals surface area contributed by atoms with Gasteiger partial charge in [0.25, 0.3) is 0 Å². The van der Waals surface area contributed by atoms with E-state index >= 15 is 0 Å². The van der Waals surface area contributed by atoms with Gasteiger partial charge >= 0.3 is 0 Å². The lowest BCUT2D eigenvalue weighted by Crippen LogP contribution is -3.00. The zero-order chi connectivity index (χ0) is 12.6. The maximum atomic E-state index is 11.0. The second-order valence-electron chi connectivity index (χ2n) is 4.52. The lowest BCUT2D eigenvalue weighted by molar-refractivity contribution is -0.944. The second-order valence-corrected chi connectivity index (χ2v) is 4.52. The van der Waals surface area contributed by atoms with Crippen molar-refractivity contribution in [3.63, 3.8) is 0 Å². The number of hydrogen-bond acceptors (Lipinski definition) is 1. The smallest absolute Gasteiger partial charge is 0.243 e. The average molecular weight is 263 g/mol. The van der Waals surface area contributed by atoms with Crippen LogP contribution in [0.15, 0.2) is 12.7 Å². The van der Waals surface area contributed by atoms with Crippen LogP contribution in [0, 0.1) is 0 Å². The van der Waals surface area contributed by atoms with E-state index in [2.05, 4.69) is 39.6 Å². The van der Waals surface area contributed by atoms with E-state index < -0.39 is 0 Å². The standard InChI is InChI=1S/C13H26N2O.ClH/c1-6-13(16)14-10-9-11-15(7-2,8-3)12(4)5;/h6,12H,1,7-11H2,2-5H3;1H. The molecule has 0 aromatic carbocycles. The number of halogens is 1. The summed E-state index contributed by atoms with van der Waals surface area (Å²) in [7, 11) is 0. The number of carbonyl (C=O) groups excluding carboxylic acids is 1. The minimum atomic E-state index is -0.0735. The van der Waals surface area contributed by atoms with Gasteiger partial charge in [-0.25, -0.2) is 0 Å². The van der Waals surface area contributed by atoms with E-state index in [1.807, 2.05) is 0 Å². The molecule has 0 heterocycles. The summed E-state index contributed by atoms with van der Waals surface area (Å²) in [5, 5.41) is 2.83. The highest BCUT2D eigenvalue weighted by Crippen LogP contribution is 2.13. The van der Waals surface area contributed by atoms with Crippen molar-refractivity contribution < 1.29 is 21.7 Å². The molecule has 0 unspecified atom stereocenters. The fourth-order valence-corrected chi connectivity index (χ4v) is 2.21. The van der Waals surface area contributed by atoms with Crippen LogP contribution >= 0.6 is 0 Å². The molecule has 0 saturated heterocycles. The number of rotatable bonds is 8. The Morgan fingerprint density at radius 1 is 1.35 bits per heavy atom. The zero-order valence-corrected chi connectivity index (χ0v) is 12.4. The Labute approximate surface area is 112 Å². The predicted molar refractivity (Wildman–Crippen MR) is 69.2 cm³/mol. The lowest BCUT2D eigenvalue weighted by atomic mass is 10.2. The summed E-state index contributed by atoms with van der Waals surface area (Å²) < 4.78 is 1.13. The summed E-state index contributed by atoms with van der Waals surface area (Å²) in [5.74, 6) is -0.0735. The maximum Gasteiger partial charge on any atom is 0.243 e. The van der Waals surface area contributed by atoms with Crippen LogP contribution in [0.25, 0.3) is 0 Å². The van der Waals surface area contributed by atoms with Crippen molar-refractivity contribution in [3.05, 3.63) is 12.7 Å². The highest BCUT2D eigenvalue weighted by Gasteiger charge is 2.26. The molecule has 3 nitrogen and oxygen atoms in total. The van der Waals surface area contributed by atoms with Gasteiger partial charge in [-0.2, -0.15) is 0 Å². The molecule has 0 aromatic heterocycles. The van der Waals surface area contributed by atoms with Gasteiger partial charge in [-0.1, -0.05) is 6.58 Å². The summed E-state index contributed by atoms with van der Waals surface area (Å²) in [6, 6.07) is 0.644. The van der Waals surface area contributed by atoms with Gasteiger partial charge in [0.15, 0.2) is 0 Å². The molecule has 0 bridgehead atoms. The zero-order valence-electron chi connectivity index (χ0n) is 11.6. The molecule has 102 valence electrons. The summed E-state index contributed by atoms with van der Waals surface area (Å²) in [6.45, 7) is 16.7. The van der Waals surface area contributed by atoms with E-state index in [1.165, 1.54) is 6.08 Å². The molecule has 0 aliphatic heterocycles. The molecule has 0 rings (SSSR count). The molecule has 0 spiro atoms. The van der Waals surface area contributed by atoms with Crippen LogP contribution in [0.2, 0.25) is 0 Å².